The van der Waals surface area contributed by atoms with E-state index in [1.807, 2.05) is 0 Å². The largest absolute Gasteiger partial charge is 0.475 e. The van der Waals surface area contributed by atoms with Crippen LogP contribution in [0.1, 0.15) is 18.9 Å². The molecule has 102 valence electrons. The van der Waals surface area contributed by atoms with Crippen molar-refractivity contribution in [3.8, 4) is 5.75 Å². The van der Waals surface area contributed by atoms with E-state index in [0.29, 0.717) is 37.8 Å². The quantitative estimate of drug-likeness (QED) is 0.402. The summed E-state index contributed by atoms with van der Waals surface area (Å²) in [6.45, 7) is 2.14. The van der Waals surface area contributed by atoms with Crippen LogP contribution in [-0.4, -0.2) is 31.3 Å². The molecule has 0 aromatic heterocycles. The molecule has 0 atom stereocenters. The molecule has 0 aliphatic carbocycles. The van der Waals surface area contributed by atoms with Crippen LogP contribution < -0.4 is 4.74 Å². The summed E-state index contributed by atoms with van der Waals surface area (Å²) in [5.41, 5.74) is 0.953. The number of ether oxygens (including phenoxy) is 2. The minimum Gasteiger partial charge on any atom is -0.475 e. The number of aryl methyl sites for hydroxylation is 1. The summed E-state index contributed by atoms with van der Waals surface area (Å²) < 4.78 is 9.93. The van der Waals surface area contributed by atoms with Gasteiger partial charge in [0.25, 0.3) is 0 Å². The third-order valence-electron chi connectivity index (χ3n) is 2.39. The molecule has 0 saturated heterocycles. The van der Waals surface area contributed by atoms with Gasteiger partial charge in [-0.05, 0) is 31.0 Å². The second kappa shape index (κ2) is 8.02. The summed E-state index contributed by atoms with van der Waals surface area (Å²) in [5, 5.41) is 0. The van der Waals surface area contributed by atoms with E-state index in [1.165, 1.54) is 0 Å². The van der Waals surface area contributed by atoms with Crippen LogP contribution >= 0.6 is 0 Å². The summed E-state index contributed by atoms with van der Waals surface area (Å²) in [4.78, 5) is 32.1. The molecule has 5 heteroatoms. The lowest BCUT2D eigenvalue weighted by atomic mass is 10.1. The Kier molecular flexibility index (Phi) is 6.29. The zero-order valence-electron chi connectivity index (χ0n) is 10.7. The smallest absolute Gasteiger partial charge is 0.306 e. The number of carbonyl (C=O) groups excluding carboxylic acids is 3. The van der Waals surface area contributed by atoms with Gasteiger partial charge in [0.1, 0.15) is 5.75 Å². The second-order valence-electron chi connectivity index (χ2n) is 3.80. The summed E-state index contributed by atoms with van der Waals surface area (Å²) >= 11 is 0. The number of aldehydes is 2. The van der Waals surface area contributed by atoms with Crippen molar-refractivity contribution in [1.29, 1.82) is 0 Å². The average Bonchev–Trinajstić information content (AvgIpc) is 2.44. The number of benzene rings is 1. The zero-order chi connectivity index (χ0) is 14.1. The lowest BCUT2D eigenvalue weighted by molar-refractivity contribution is -0.143. The van der Waals surface area contributed by atoms with Crippen LogP contribution in [0.2, 0.25) is 0 Å². The number of hydrogen-bond acceptors (Lipinski definition) is 5. The first-order valence-corrected chi connectivity index (χ1v) is 6.01. The zero-order valence-corrected chi connectivity index (χ0v) is 10.7. The van der Waals surface area contributed by atoms with E-state index >= 15 is 0 Å². The van der Waals surface area contributed by atoms with Gasteiger partial charge in [-0.25, -0.2) is 0 Å². The Morgan fingerprint density at radius 3 is 2.37 bits per heavy atom. The van der Waals surface area contributed by atoms with E-state index in [1.54, 1.807) is 31.2 Å². The fourth-order valence-corrected chi connectivity index (χ4v) is 1.46. The van der Waals surface area contributed by atoms with Crippen LogP contribution in [0.25, 0.3) is 0 Å². The van der Waals surface area contributed by atoms with Gasteiger partial charge >= 0.3 is 5.97 Å². The molecular formula is C14H16O5. The van der Waals surface area contributed by atoms with Gasteiger partial charge in [-0.1, -0.05) is 12.1 Å². The van der Waals surface area contributed by atoms with Crippen LogP contribution in [0.5, 0.6) is 5.75 Å². The highest BCUT2D eigenvalue weighted by atomic mass is 16.5. The van der Waals surface area contributed by atoms with Crippen molar-refractivity contribution in [1.82, 2.24) is 0 Å². The Morgan fingerprint density at radius 1 is 1.21 bits per heavy atom. The highest BCUT2D eigenvalue weighted by Crippen LogP contribution is 2.14. The number of esters is 1. The van der Waals surface area contributed by atoms with Gasteiger partial charge in [0.15, 0.2) is 12.6 Å². The Balaban J connectivity index is 2.49. The van der Waals surface area contributed by atoms with Crippen molar-refractivity contribution in [3.05, 3.63) is 29.8 Å². The van der Waals surface area contributed by atoms with E-state index in [9.17, 15) is 14.4 Å². The van der Waals surface area contributed by atoms with E-state index in [0.717, 1.165) is 5.56 Å². The van der Waals surface area contributed by atoms with Gasteiger partial charge in [0, 0.05) is 6.42 Å². The lowest BCUT2D eigenvalue weighted by Gasteiger charge is -2.08. The Labute approximate surface area is 111 Å². The average molecular weight is 264 g/mol. The first-order chi connectivity index (χ1) is 9.19. The molecule has 0 spiro atoms. The summed E-state index contributed by atoms with van der Waals surface area (Å²) in [5.74, 6) is 0.203. The topological polar surface area (TPSA) is 69.7 Å². The summed E-state index contributed by atoms with van der Waals surface area (Å²) in [6.07, 6.45) is 0.678. The molecule has 19 heavy (non-hydrogen) atoms. The molecule has 0 bridgehead atoms. The molecule has 0 fully saturated rings. The van der Waals surface area contributed by atoms with E-state index < -0.39 is 6.10 Å². The number of hydrogen-bond donors (Lipinski definition) is 0. The van der Waals surface area contributed by atoms with Crippen molar-refractivity contribution >= 4 is 18.5 Å². The third-order valence-corrected chi connectivity index (χ3v) is 2.39. The van der Waals surface area contributed by atoms with Crippen LogP contribution in [0, 0.1) is 0 Å². The molecular weight excluding hydrogens is 248 g/mol. The lowest BCUT2D eigenvalue weighted by Crippen LogP contribution is -2.19. The van der Waals surface area contributed by atoms with Gasteiger partial charge in [-0.2, -0.15) is 0 Å². The minimum absolute atomic E-state index is 0.232. The van der Waals surface area contributed by atoms with Gasteiger partial charge < -0.3 is 9.47 Å². The maximum atomic E-state index is 11.2. The highest BCUT2D eigenvalue weighted by Gasteiger charge is 2.07. The predicted molar refractivity (Wildman–Crippen MR) is 67.9 cm³/mol. The molecule has 0 heterocycles. The van der Waals surface area contributed by atoms with Gasteiger partial charge in [-0.3, -0.25) is 14.4 Å². The molecule has 5 nitrogen and oxygen atoms in total. The molecule has 1 aromatic rings. The molecule has 1 aromatic carbocycles. The minimum atomic E-state index is -1.08. The summed E-state index contributed by atoms with van der Waals surface area (Å²) in [7, 11) is 0. The standard InChI is InChI=1S/C14H16O5/c1-2-18-14(17)8-5-11-3-6-12(7-4-11)19-13(9-15)10-16/h3-4,6-7,9-10,13H,2,5,8H2,1H3. The van der Waals surface area contributed by atoms with Crippen molar-refractivity contribution in [2.45, 2.75) is 25.9 Å². The van der Waals surface area contributed by atoms with Gasteiger partial charge in [-0.15, -0.1) is 0 Å². The van der Waals surface area contributed by atoms with Crippen molar-refractivity contribution in [2.75, 3.05) is 6.61 Å². The van der Waals surface area contributed by atoms with Crippen LogP contribution in [0.4, 0.5) is 0 Å². The molecule has 0 aliphatic rings. The van der Waals surface area contributed by atoms with E-state index in [4.69, 9.17) is 9.47 Å². The fraction of sp³-hybridized carbons (Fsp3) is 0.357. The van der Waals surface area contributed by atoms with Crippen molar-refractivity contribution in [3.63, 3.8) is 0 Å². The van der Waals surface area contributed by atoms with E-state index in [-0.39, 0.29) is 5.97 Å². The Morgan fingerprint density at radius 2 is 1.84 bits per heavy atom. The molecule has 0 unspecified atom stereocenters. The Hall–Kier alpha value is -2.17. The van der Waals surface area contributed by atoms with Crippen LogP contribution in [0.3, 0.4) is 0 Å². The second-order valence-corrected chi connectivity index (χ2v) is 3.80. The maximum absolute atomic E-state index is 11.2. The van der Waals surface area contributed by atoms with Crippen molar-refractivity contribution < 1.29 is 23.9 Å². The molecule has 0 radical (unpaired) electrons. The van der Waals surface area contributed by atoms with E-state index in [2.05, 4.69) is 0 Å². The first-order valence-electron chi connectivity index (χ1n) is 6.01. The molecule has 0 amide bonds. The van der Waals surface area contributed by atoms with Crippen LogP contribution in [-0.2, 0) is 25.5 Å². The molecule has 0 saturated carbocycles. The Bertz CT molecular complexity index is 416. The molecule has 0 N–H and O–H groups in total. The van der Waals surface area contributed by atoms with Gasteiger partial charge in [0.2, 0.25) is 6.10 Å². The van der Waals surface area contributed by atoms with Crippen LogP contribution in [0.15, 0.2) is 24.3 Å². The summed E-state index contributed by atoms with van der Waals surface area (Å²) in [6, 6.07) is 6.86. The third kappa shape index (κ3) is 5.33. The normalized spacial score (nSPS) is 10.0. The molecule has 0 aliphatic heterocycles. The SMILES string of the molecule is CCOC(=O)CCc1ccc(OC(C=O)C=O)cc1. The predicted octanol–water partition coefficient (Wildman–Crippen LogP) is 1.33. The van der Waals surface area contributed by atoms with Gasteiger partial charge in [0.05, 0.1) is 6.61 Å². The van der Waals surface area contributed by atoms with Crippen molar-refractivity contribution in [2.24, 2.45) is 0 Å². The highest BCUT2D eigenvalue weighted by molar-refractivity contribution is 5.81. The monoisotopic (exact) mass is 264 g/mol. The maximum Gasteiger partial charge on any atom is 0.306 e. The molecule has 1 rings (SSSR count). The fourth-order valence-electron chi connectivity index (χ4n) is 1.46. The number of carbonyl (C=O) groups is 3. The first kappa shape index (κ1) is 14.9. The number of rotatable bonds is 8.